The quantitative estimate of drug-likeness (QED) is 0.584. The molecule has 0 unspecified atom stereocenters. The molecule has 1 aromatic carbocycles. The van der Waals surface area contributed by atoms with Crippen molar-refractivity contribution < 1.29 is 28.2 Å². The molecular weight excluding hydrogens is 364 g/mol. The zero-order valence-electron chi connectivity index (χ0n) is 16.6. The maximum atomic E-state index is 12.5. The Balaban J connectivity index is 2.19. The highest BCUT2D eigenvalue weighted by atomic mass is 16.6. The first-order chi connectivity index (χ1) is 13.1. The summed E-state index contributed by atoms with van der Waals surface area (Å²) in [6.45, 7) is 8.44. The standard InChI is InChI=1S/C21H24O7/c1-6-11(2)20(24)27-19-18(25-12(3)22)16-14(28-21(19,4)5)9-7-13-8-10-15(23)26-17(13)16/h7-11,18-19H,6H2,1-5H3/t11-,18+,19+/m0/s1. The molecule has 0 fully saturated rings. The molecule has 28 heavy (non-hydrogen) atoms. The molecule has 1 aliphatic heterocycles. The van der Waals surface area contributed by atoms with Crippen LogP contribution in [-0.2, 0) is 19.1 Å². The maximum absolute atomic E-state index is 12.5. The molecular formula is C21H24O7. The highest BCUT2D eigenvalue weighted by molar-refractivity contribution is 5.83. The molecule has 1 aliphatic rings. The summed E-state index contributed by atoms with van der Waals surface area (Å²) in [6.07, 6.45) is -1.28. The SMILES string of the molecule is CC[C@H](C)C(=O)O[C@@H]1[C@H](OC(C)=O)c2c(ccc3ccc(=O)oc23)OC1(C)C. The van der Waals surface area contributed by atoms with Crippen LogP contribution in [-0.4, -0.2) is 23.6 Å². The van der Waals surface area contributed by atoms with Crippen LogP contribution in [0.4, 0.5) is 0 Å². The fourth-order valence-corrected chi connectivity index (χ4v) is 3.26. The first-order valence-corrected chi connectivity index (χ1v) is 9.27. The van der Waals surface area contributed by atoms with Crippen LogP contribution in [0, 0.1) is 5.92 Å². The molecule has 0 N–H and O–H groups in total. The van der Waals surface area contributed by atoms with Gasteiger partial charge in [-0.3, -0.25) is 9.59 Å². The third-order valence-electron chi connectivity index (χ3n) is 4.96. The van der Waals surface area contributed by atoms with E-state index in [2.05, 4.69) is 0 Å². The highest BCUT2D eigenvalue weighted by Crippen LogP contribution is 2.46. The minimum absolute atomic E-state index is 0.247. The van der Waals surface area contributed by atoms with Crippen molar-refractivity contribution in [2.24, 2.45) is 5.92 Å². The van der Waals surface area contributed by atoms with Gasteiger partial charge in [0.05, 0.1) is 11.5 Å². The molecule has 7 heteroatoms. The normalized spacial score (nSPS) is 21.3. The Morgan fingerprint density at radius 3 is 2.50 bits per heavy atom. The van der Waals surface area contributed by atoms with Crippen LogP contribution in [0.3, 0.4) is 0 Å². The molecule has 0 radical (unpaired) electrons. The molecule has 2 heterocycles. The van der Waals surface area contributed by atoms with Crippen molar-refractivity contribution in [3.05, 3.63) is 40.2 Å². The van der Waals surface area contributed by atoms with Crippen LogP contribution < -0.4 is 10.4 Å². The number of hydrogen-bond donors (Lipinski definition) is 0. The number of fused-ring (bicyclic) bond motifs is 3. The van der Waals surface area contributed by atoms with Crippen LogP contribution in [0.25, 0.3) is 11.0 Å². The zero-order chi connectivity index (χ0) is 20.6. The van der Waals surface area contributed by atoms with E-state index < -0.39 is 35.4 Å². The third-order valence-corrected chi connectivity index (χ3v) is 4.96. The first-order valence-electron chi connectivity index (χ1n) is 9.27. The lowest BCUT2D eigenvalue weighted by Crippen LogP contribution is -2.52. The van der Waals surface area contributed by atoms with E-state index >= 15 is 0 Å². The van der Waals surface area contributed by atoms with E-state index in [0.29, 0.717) is 23.1 Å². The van der Waals surface area contributed by atoms with Gasteiger partial charge in [-0.1, -0.05) is 13.8 Å². The van der Waals surface area contributed by atoms with Gasteiger partial charge in [-0.05, 0) is 38.5 Å². The average Bonchev–Trinajstić information content (AvgIpc) is 2.62. The third kappa shape index (κ3) is 3.61. The number of benzene rings is 1. The molecule has 0 bridgehead atoms. The summed E-state index contributed by atoms with van der Waals surface area (Å²) in [7, 11) is 0. The molecule has 3 atom stereocenters. The Hall–Kier alpha value is -2.83. The molecule has 0 spiro atoms. The molecule has 0 saturated carbocycles. The Morgan fingerprint density at radius 2 is 1.86 bits per heavy atom. The van der Waals surface area contributed by atoms with Gasteiger partial charge in [-0.25, -0.2) is 4.79 Å². The smallest absolute Gasteiger partial charge is 0.336 e. The highest BCUT2D eigenvalue weighted by Gasteiger charge is 2.50. The van der Waals surface area contributed by atoms with E-state index in [1.54, 1.807) is 39.0 Å². The topological polar surface area (TPSA) is 92.0 Å². The van der Waals surface area contributed by atoms with Crippen LogP contribution in [0.2, 0.25) is 0 Å². The van der Waals surface area contributed by atoms with Crippen molar-refractivity contribution in [3.8, 4) is 5.75 Å². The molecule has 0 saturated heterocycles. The Morgan fingerprint density at radius 1 is 1.18 bits per heavy atom. The van der Waals surface area contributed by atoms with Crippen LogP contribution >= 0.6 is 0 Å². The van der Waals surface area contributed by atoms with Crippen LogP contribution in [0.1, 0.15) is 52.7 Å². The van der Waals surface area contributed by atoms with Gasteiger partial charge in [0.25, 0.3) is 0 Å². The van der Waals surface area contributed by atoms with E-state index in [4.69, 9.17) is 18.6 Å². The number of esters is 2. The van der Waals surface area contributed by atoms with Crippen LogP contribution in [0.15, 0.2) is 33.5 Å². The molecule has 7 nitrogen and oxygen atoms in total. The largest absolute Gasteiger partial charge is 0.483 e. The summed E-state index contributed by atoms with van der Waals surface area (Å²) in [5.41, 5.74) is -0.887. The average molecular weight is 388 g/mol. The fourth-order valence-electron chi connectivity index (χ4n) is 3.26. The van der Waals surface area contributed by atoms with Gasteiger partial charge in [-0.2, -0.15) is 0 Å². The van der Waals surface area contributed by atoms with Gasteiger partial charge in [0.2, 0.25) is 0 Å². The van der Waals surface area contributed by atoms with Crippen molar-refractivity contribution in [1.29, 1.82) is 0 Å². The van der Waals surface area contributed by atoms with Crippen molar-refractivity contribution in [1.82, 2.24) is 0 Å². The summed E-state index contributed by atoms with van der Waals surface area (Å²) in [5.74, 6) is -0.866. The summed E-state index contributed by atoms with van der Waals surface area (Å²) < 4.78 is 22.8. The van der Waals surface area contributed by atoms with Crippen LogP contribution in [0.5, 0.6) is 5.75 Å². The van der Waals surface area contributed by atoms with Crippen molar-refractivity contribution >= 4 is 22.9 Å². The lowest BCUT2D eigenvalue weighted by atomic mass is 9.87. The Bertz CT molecular complexity index is 972. The second-order valence-corrected chi connectivity index (χ2v) is 7.55. The minimum atomic E-state index is -0.974. The Kier molecular flexibility index (Phi) is 5.19. The van der Waals surface area contributed by atoms with E-state index in [9.17, 15) is 14.4 Å². The molecule has 1 aromatic heterocycles. The van der Waals surface area contributed by atoms with Gasteiger partial charge in [0.1, 0.15) is 16.9 Å². The number of carbonyl (C=O) groups excluding carboxylic acids is 2. The summed E-state index contributed by atoms with van der Waals surface area (Å²) >= 11 is 0. The van der Waals surface area contributed by atoms with Crippen molar-refractivity contribution in [2.45, 2.75) is 58.8 Å². The predicted molar refractivity (Wildman–Crippen MR) is 101 cm³/mol. The molecule has 3 rings (SSSR count). The monoisotopic (exact) mass is 388 g/mol. The van der Waals surface area contributed by atoms with E-state index in [-0.39, 0.29) is 11.5 Å². The van der Waals surface area contributed by atoms with Crippen molar-refractivity contribution in [2.75, 3.05) is 0 Å². The molecule has 2 aromatic rings. The van der Waals surface area contributed by atoms with E-state index in [1.807, 2.05) is 6.92 Å². The van der Waals surface area contributed by atoms with Crippen molar-refractivity contribution in [3.63, 3.8) is 0 Å². The lowest BCUT2D eigenvalue weighted by Gasteiger charge is -2.43. The molecule has 0 aliphatic carbocycles. The van der Waals surface area contributed by atoms with Gasteiger partial charge < -0.3 is 18.6 Å². The summed E-state index contributed by atoms with van der Waals surface area (Å²) in [5, 5.41) is 0.644. The second kappa shape index (κ2) is 7.30. The number of ether oxygens (including phenoxy) is 3. The zero-order valence-corrected chi connectivity index (χ0v) is 16.6. The molecule has 0 amide bonds. The van der Waals surface area contributed by atoms with E-state index in [0.717, 1.165) is 0 Å². The fraction of sp³-hybridized carbons (Fsp3) is 0.476. The number of carbonyl (C=O) groups is 2. The van der Waals surface area contributed by atoms with Gasteiger partial charge in [0, 0.05) is 18.4 Å². The summed E-state index contributed by atoms with van der Waals surface area (Å²) in [4.78, 5) is 36.2. The maximum Gasteiger partial charge on any atom is 0.336 e. The first kappa shape index (κ1) is 19.9. The second-order valence-electron chi connectivity index (χ2n) is 7.55. The molecule has 150 valence electrons. The van der Waals surface area contributed by atoms with Gasteiger partial charge in [-0.15, -0.1) is 0 Å². The minimum Gasteiger partial charge on any atom is -0.483 e. The van der Waals surface area contributed by atoms with Gasteiger partial charge in [0.15, 0.2) is 12.2 Å². The lowest BCUT2D eigenvalue weighted by molar-refractivity contribution is -0.192. The number of rotatable bonds is 4. The predicted octanol–water partition coefficient (Wildman–Crippen LogP) is 3.53. The number of hydrogen-bond acceptors (Lipinski definition) is 7. The Labute approximate surface area is 162 Å². The van der Waals surface area contributed by atoms with Gasteiger partial charge >= 0.3 is 17.6 Å². The van der Waals surface area contributed by atoms with E-state index in [1.165, 1.54) is 13.0 Å². The summed E-state index contributed by atoms with van der Waals surface area (Å²) in [6, 6.07) is 6.40.